The monoisotopic (exact) mass is 434 g/mol. The van der Waals surface area contributed by atoms with Gasteiger partial charge in [0.15, 0.2) is 5.76 Å². The average Bonchev–Trinajstić information content (AvgIpc) is 3.44. The van der Waals surface area contributed by atoms with Crippen LogP contribution in [0.5, 0.6) is 5.75 Å². The van der Waals surface area contributed by atoms with E-state index in [1.807, 2.05) is 30.3 Å². The molecule has 0 fully saturated rings. The first-order valence-electron chi connectivity index (χ1n) is 9.69. The Labute approximate surface area is 182 Å². The highest BCUT2D eigenvalue weighted by Gasteiger charge is 2.18. The van der Waals surface area contributed by atoms with Crippen molar-refractivity contribution in [1.29, 1.82) is 0 Å². The SMILES string of the molecule is Cc1c(C(=O)NNC(=O)c2ccc(COc3ccccc3)o2)cnn1-c1ccccc1F. The molecule has 2 N–H and O–H groups in total. The summed E-state index contributed by atoms with van der Waals surface area (Å²) in [7, 11) is 0. The van der Waals surface area contributed by atoms with Crippen molar-refractivity contribution < 1.29 is 23.1 Å². The van der Waals surface area contributed by atoms with Crippen LogP contribution in [-0.2, 0) is 6.61 Å². The summed E-state index contributed by atoms with van der Waals surface area (Å²) in [5, 5.41) is 4.07. The molecule has 0 aliphatic rings. The molecule has 2 amide bonds. The van der Waals surface area contributed by atoms with Gasteiger partial charge in [0.05, 0.1) is 17.5 Å². The molecule has 4 rings (SSSR count). The molecule has 0 saturated heterocycles. The standard InChI is InChI=1S/C23H19FN4O4/c1-15-18(13-25-28(15)20-10-6-5-9-19(20)24)22(29)26-27-23(30)21-12-11-17(32-21)14-31-16-7-3-2-4-8-16/h2-13H,14H2,1H3,(H,26,29)(H,27,30). The Bertz CT molecular complexity index is 1250. The maximum absolute atomic E-state index is 14.0. The van der Waals surface area contributed by atoms with E-state index in [9.17, 15) is 14.0 Å². The Morgan fingerprint density at radius 1 is 1.00 bits per heavy atom. The summed E-state index contributed by atoms with van der Waals surface area (Å²) < 4.78 is 26.4. The molecule has 0 saturated carbocycles. The fourth-order valence-corrected chi connectivity index (χ4v) is 2.99. The van der Waals surface area contributed by atoms with Gasteiger partial charge in [0.1, 0.15) is 29.6 Å². The number of furan rings is 1. The number of hydrogen-bond acceptors (Lipinski definition) is 5. The number of halogens is 1. The second-order valence-electron chi connectivity index (χ2n) is 6.78. The second kappa shape index (κ2) is 9.17. The number of carbonyl (C=O) groups is 2. The second-order valence-corrected chi connectivity index (χ2v) is 6.78. The van der Waals surface area contributed by atoms with Crippen LogP contribution in [0.1, 0.15) is 32.4 Å². The summed E-state index contributed by atoms with van der Waals surface area (Å²) in [6.45, 7) is 1.78. The van der Waals surface area contributed by atoms with Gasteiger partial charge in [-0.15, -0.1) is 0 Å². The van der Waals surface area contributed by atoms with Crippen molar-refractivity contribution in [1.82, 2.24) is 20.6 Å². The van der Waals surface area contributed by atoms with Gasteiger partial charge in [-0.1, -0.05) is 30.3 Å². The van der Waals surface area contributed by atoms with Crippen molar-refractivity contribution in [2.45, 2.75) is 13.5 Å². The molecule has 2 aromatic heterocycles. The van der Waals surface area contributed by atoms with E-state index in [4.69, 9.17) is 9.15 Å². The van der Waals surface area contributed by atoms with Gasteiger partial charge in [-0.05, 0) is 43.3 Å². The van der Waals surface area contributed by atoms with Gasteiger partial charge in [-0.3, -0.25) is 20.4 Å². The molecule has 0 unspecified atom stereocenters. The quantitative estimate of drug-likeness (QED) is 0.452. The molecule has 0 aliphatic carbocycles. The van der Waals surface area contributed by atoms with Crippen molar-refractivity contribution in [3.05, 3.63) is 102 Å². The number of aromatic nitrogens is 2. The van der Waals surface area contributed by atoms with E-state index in [0.717, 1.165) is 0 Å². The minimum absolute atomic E-state index is 0.00994. The molecule has 2 heterocycles. The molecule has 9 heteroatoms. The fraction of sp³-hybridized carbons (Fsp3) is 0.0870. The molecule has 2 aromatic carbocycles. The summed E-state index contributed by atoms with van der Waals surface area (Å²) in [6.07, 6.45) is 1.30. The summed E-state index contributed by atoms with van der Waals surface area (Å²) in [6, 6.07) is 18.4. The van der Waals surface area contributed by atoms with Gasteiger partial charge in [0.2, 0.25) is 0 Å². The van der Waals surface area contributed by atoms with Crippen LogP contribution in [0.2, 0.25) is 0 Å². The predicted octanol–water partition coefficient (Wildman–Crippen LogP) is 3.57. The molecular formula is C23H19FN4O4. The lowest BCUT2D eigenvalue weighted by Gasteiger charge is -2.08. The zero-order valence-electron chi connectivity index (χ0n) is 17.0. The first-order chi connectivity index (χ1) is 15.5. The minimum Gasteiger partial charge on any atom is -0.486 e. The predicted molar refractivity (Wildman–Crippen MR) is 113 cm³/mol. The topological polar surface area (TPSA) is 98.4 Å². The third-order valence-corrected chi connectivity index (χ3v) is 4.63. The highest BCUT2D eigenvalue weighted by molar-refractivity contribution is 5.98. The molecule has 32 heavy (non-hydrogen) atoms. The zero-order valence-corrected chi connectivity index (χ0v) is 17.0. The summed E-state index contributed by atoms with van der Waals surface area (Å²) in [5.41, 5.74) is 5.41. The zero-order chi connectivity index (χ0) is 22.5. The van der Waals surface area contributed by atoms with Crippen LogP contribution < -0.4 is 15.6 Å². The van der Waals surface area contributed by atoms with Crippen molar-refractivity contribution >= 4 is 11.8 Å². The summed E-state index contributed by atoms with van der Waals surface area (Å²) in [4.78, 5) is 24.8. The minimum atomic E-state index is -0.636. The van der Waals surface area contributed by atoms with Crippen LogP contribution in [0.4, 0.5) is 4.39 Å². The average molecular weight is 434 g/mol. The van der Waals surface area contributed by atoms with Crippen LogP contribution in [0.25, 0.3) is 5.69 Å². The van der Waals surface area contributed by atoms with E-state index >= 15 is 0 Å². The van der Waals surface area contributed by atoms with Crippen molar-refractivity contribution in [3.63, 3.8) is 0 Å². The van der Waals surface area contributed by atoms with E-state index in [2.05, 4.69) is 16.0 Å². The Morgan fingerprint density at radius 2 is 1.72 bits per heavy atom. The number of rotatable bonds is 6. The number of carbonyl (C=O) groups excluding carboxylic acids is 2. The van der Waals surface area contributed by atoms with Crippen LogP contribution in [0, 0.1) is 12.7 Å². The third-order valence-electron chi connectivity index (χ3n) is 4.63. The number of hydrogen-bond donors (Lipinski definition) is 2. The molecule has 0 atom stereocenters. The van der Waals surface area contributed by atoms with Gasteiger partial charge in [0.25, 0.3) is 5.91 Å². The number of amides is 2. The van der Waals surface area contributed by atoms with Gasteiger partial charge >= 0.3 is 5.91 Å². The normalized spacial score (nSPS) is 10.6. The van der Waals surface area contributed by atoms with Crippen molar-refractivity contribution in [2.24, 2.45) is 0 Å². The lowest BCUT2D eigenvalue weighted by Crippen LogP contribution is -2.41. The molecular weight excluding hydrogens is 415 g/mol. The lowest BCUT2D eigenvalue weighted by atomic mass is 10.2. The van der Waals surface area contributed by atoms with E-state index in [1.54, 1.807) is 31.2 Å². The Hall–Kier alpha value is -4.40. The number of hydrazine groups is 1. The number of nitrogens with one attached hydrogen (secondary N) is 2. The molecule has 8 nitrogen and oxygen atoms in total. The highest BCUT2D eigenvalue weighted by atomic mass is 19.1. The summed E-state index contributed by atoms with van der Waals surface area (Å²) in [5.74, 6) is -0.568. The Balaban J connectivity index is 1.35. The van der Waals surface area contributed by atoms with Crippen LogP contribution in [-0.4, -0.2) is 21.6 Å². The van der Waals surface area contributed by atoms with Gasteiger partial charge in [-0.2, -0.15) is 5.10 Å². The number of para-hydroxylation sites is 2. The van der Waals surface area contributed by atoms with Crippen molar-refractivity contribution in [2.75, 3.05) is 0 Å². The maximum atomic E-state index is 14.0. The van der Waals surface area contributed by atoms with Gasteiger partial charge < -0.3 is 9.15 Å². The van der Waals surface area contributed by atoms with Crippen LogP contribution >= 0.6 is 0 Å². The van der Waals surface area contributed by atoms with Crippen LogP contribution in [0.3, 0.4) is 0 Å². The Kier molecular flexibility index (Phi) is 5.98. The van der Waals surface area contributed by atoms with E-state index in [0.29, 0.717) is 17.2 Å². The molecule has 0 spiro atoms. The third kappa shape index (κ3) is 4.51. The number of benzene rings is 2. The molecule has 4 aromatic rings. The van der Waals surface area contributed by atoms with Crippen LogP contribution in [0.15, 0.2) is 77.3 Å². The largest absolute Gasteiger partial charge is 0.486 e. The van der Waals surface area contributed by atoms with E-state index in [1.165, 1.54) is 23.0 Å². The van der Waals surface area contributed by atoms with E-state index < -0.39 is 17.6 Å². The lowest BCUT2D eigenvalue weighted by molar-refractivity contribution is 0.0828. The first-order valence-corrected chi connectivity index (χ1v) is 9.69. The van der Waals surface area contributed by atoms with Crippen molar-refractivity contribution in [3.8, 4) is 11.4 Å². The number of nitrogens with zero attached hydrogens (tertiary/aromatic N) is 2. The highest BCUT2D eigenvalue weighted by Crippen LogP contribution is 2.17. The first kappa shape index (κ1) is 20.9. The molecule has 0 bridgehead atoms. The smallest absolute Gasteiger partial charge is 0.305 e. The molecule has 0 aliphatic heterocycles. The molecule has 0 radical (unpaired) electrons. The van der Waals surface area contributed by atoms with E-state index in [-0.39, 0.29) is 23.6 Å². The number of ether oxygens (including phenoxy) is 1. The summed E-state index contributed by atoms with van der Waals surface area (Å²) >= 11 is 0. The molecule has 162 valence electrons. The van der Waals surface area contributed by atoms with Gasteiger partial charge in [-0.25, -0.2) is 9.07 Å². The maximum Gasteiger partial charge on any atom is 0.305 e. The Morgan fingerprint density at radius 3 is 2.50 bits per heavy atom. The fourth-order valence-electron chi connectivity index (χ4n) is 2.99. The van der Waals surface area contributed by atoms with Gasteiger partial charge in [0, 0.05) is 0 Å².